The minimum absolute atomic E-state index is 0.129. The molecule has 0 fully saturated rings. The fourth-order valence-electron chi connectivity index (χ4n) is 2.96. The van der Waals surface area contributed by atoms with Gasteiger partial charge in [0.1, 0.15) is 17.2 Å². The zero-order chi connectivity index (χ0) is 23.4. The van der Waals surface area contributed by atoms with E-state index in [0.717, 1.165) is 7.11 Å². The Morgan fingerprint density at radius 2 is 1.81 bits per heavy atom. The highest BCUT2D eigenvalue weighted by Gasteiger charge is 2.38. The summed E-state index contributed by atoms with van der Waals surface area (Å²) in [5.74, 6) is -4.78. The number of rotatable bonds is 7. The molecule has 1 atom stereocenters. The second kappa shape index (κ2) is 9.48. The van der Waals surface area contributed by atoms with Crippen LogP contribution in [0.15, 0.2) is 41.2 Å². The summed E-state index contributed by atoms with van der Waals surface area (Å²) in [7, 11) is 3.83. The van der Waals surface area contributed by atoms with Crippen LogP contribution in [-0.4, -0.2) is 49.0 Å². The van der Waals surface area contributed by atoms with Crippen molar-refractivity contribution in [1.29, 1.82) is 0 Å². The molecule has 10 nitrogen and oxygen atoms in total. The summed E-state index contributed by atoms with van der Waals surface area (Å²) in [5, 5.41) is 2.73. The van der Waals surface area contributed by atoms with Crippen molar-refractivity contribution in [3.05, 3.63) is 57.5 Å². The molecule has 1 heterocycles. The quantitative estimate of drug-likeness (QED) is 0.311. The lowest BCUT2D eigenvalue weighted by Gasteiger charge is -2.15. The van der Waals surface area contributed by atoms with E-state index in [0.29, 0.717) is 16.3 Å². The van der Waals surface area contributed by atoms with E-state index in [1.165, 1.54) is 44.6 Å². The van der Waals surface area contributed by atoms with Gasteiger partial charge in [0.15, 0.2) is 5.92 Å². The fourth-order valence-corrected chi connectivity index (χ4v) is 3.13. The molecule has 32 heavy (non-hydrogen) atoms. The molecule has 3 aromatic rings. The predicted octanol–water partition coefficient (Wildman–Crippen LogP) is 2.06. The van der Waals surface area contributed by atoms with E-state index >= 15 is 0 Å². The third kappa shape index (κ3) is 4.54. The zero-order valence-corrected chi connectivity index (χ0v) is 18.0. The van der Waals surface area contributed by atoms with E-state index in [1.807, 2.05) is 0 Å². The number of amides is 1. The third-order valence-corrected chi connectivity index (χ3v) is 4.77. The number of hydrogen-bond acceptors (Lipinski definition) is 8. The summed E-state index contributed by atoms with van der Waals surface area (Å²) < 4.78 is 14.9. The molecule has 2 aromatic carbocycles. The smallest absolute Gasteiger partial charge is 0.323 e. The number of carbonyl (C=O) groups is 3. The maximum Gasteiger partial charge on any atom is 0.323 e. The second-order valence-corrected chi connectivity index (χ2v) is 6.89. The van der Waals surface area contributed by atoms with Crippen LogP contribution in [0.5, 0.6) is 11.5 Å². The predicted molar refractivity (Wildman–Crippen MR) is 115 cm³/mol. The lowest BCUT2D eigenvalue weighted by Crippen LogP contribution is -2.37. The van der Waals surface area contributed by atoms with Gasteiger partial charge in [0.05, 0.1) is 38.1 Å². The first-order chi connectivity index (χ1) is 15.3. The van der Waals surface area contributed by atoms with Gasteiger partial charge in [0.2, 0.25) is 5.78 Å². The molecule has 0 radical (unpaired) electrons. The number of halogens is 1. The van der Waals surface area contributed by atoms with Crippen LogP contribution in [0.2, 0.25) is 5.02 Å². The van der Waals surface area contributed by atoms with Crippen LogP contribution in [0.25, 0.3) is 11.0 Å². The van der Waals surface area contributed by atoms with Crippen molar-refractivity contribution >= 4 is 46.0 Å². The first-order valence-corrected chi connectivity index (χ1v) is 9.51. The van der Waals surface area contributed by atoms with Gasteiger partial charge in [0.25, 0.3) is 11.5 Å². The van der Waals surface area contributed by atoms with E-state index in [1.54, 1.807) is 6.07 Å². The first kappa shape index (κ1) is 22.8. The Bertz CT molecular complexity index is 1270. The minimum Gasteiger partial charge on any atom is -0.497 e. The van der Waals surface area contributed by atoms with Crippen molar-refractivity contribution in [2.75, 3.05) is 26.6 Å². The average Bonchev–Trinajstić information content (AvgIpc) is 2.79. The molecule has 0 aliphatic rings. The third-order valence-electron chi connectivity index (χ3n) is 4.53. The Balaban J connectivity index is 2.01. The van der Waals surface area contributed by atoms with Gasteiger partial charge < -0.3 is 24.5 Å². The maximum atomic E-state index is 12.9. The molecule has 0 saturated heterocycles. The number of ketones is 1. The van der Waals surface area contributed by atoms with Crippen molar-refractivity contribution in [3.63, 3.8) is 0 Å². The molecule has 1 aromatic heterocycles. The molecule has 1 unspecified atom stereocenters. The van der Waals surface area contributed by atoms with Crippen LogP contribution in [0, 0.1) is 0 Å². The van der Waals surface area contributed by atoms with Crippen molar-refractivity contribution < 1.29 is 28.6 Å². The van der Waals surface area contributed by atoms with Crippen LogP contribution >= 0.6 is 11.6 Å². The van der Waals surface area contributed by atoms with Crippen molar-refractivity contribution in [2.24, 2.45) is 0 Å². The number of ether oxygens (including phenoxy) is 3. The number of nitrogens with zero attached hydrogens (tertiary/aromatic N) is 1. The van der Waals surface area contributed by atoms with Crippen LogP contribution in [0.1, 0.15) is 11.6 Å². The lowest BCUT2D eigenvalue weighted by molar-refractivity contribution is -0.148. The molecule has 1 amide bonds. The number of aromatic amines is 1. The molecule has 3 rings (SSSR count). The number of carbonyl (C=O) groups excluding carboxylic acids is 3. The van der Waals surface area contributed by atoms with E-state index < -0.39 is 34.8 Å². The van der Waals surface area contributed by atoms with Gasteiger partial charge in [0, 0.05) is 11.1 Å². The molecule has 166 valence electrons. The number of H-pyrrole nitrogens is 1. The van der Waals surface area contributed by atoms with Gasteiger partial charge in [-0.25, -0.2) is 4.98 Å². The highest BCUT2D eigenvalue weighted by atomic mass is 35.5. The molecule has 11 heteroatoms. The second-order valence-electron chi connectivity index (χ2n) is 6.45. The number of nitrogens with one attached hydrogen (secondary N) is 2. The number of Topliss-reactive ketones (excluding diaryl/α,β-unsaturated/α-hetero) is 1. The number of hydrogen-bond donors (Lipinski definition) is 2. The largest absolute Gasteiger partial charge is 0.497 e. The fraction of sp³-hybridized carbons (Fsp3) is 0.190. The molecular weight excluding hydrogens is 442 g/mol. The van der Waals surface area contributed by atoms with Crippen LogP contribution < -0.4 is 20.3 Å². The summed E-state index contributed by atoms with van der Waals surface area (Å²) >= 11 is 5.91. The van der Waals surface area contributed by atoms with Gasteiger partial charge in [-0.15, -0.1) is 0 Å². The summed E-state index contributed by atoms with van der Waals surface area (Å²) in [4.78, 5) is 57.3. The Kier molecular flexibility index (Phi) is 6.74. The molecule has 0 aliphatic carbocycles. The number of anilines is 1. The highest BCUT2D eigenvalue weighted by molar-refractivity contribution is 6.45. The summed E-state index contributed by atoms with van der Waals surface area (Å²) in [6, 6.07) is 9.04. The summed E-state index contributed by atoms with van der Waals surface area (Å²) in [6.07, 6.45) is 0. The number of esters is 1. The molecular formula is C21H18ClN3O7. The Hall–Kier alpha value is -3.92. The summed E-state index contributed by atoms with van der Waals surface area (Å²) in [6.45, 7) is 0. The van der Waals surface area contributed by atoms with Gasteiger partial charge >= 0.3 is 5.97 Å². The van der Waals surface area contributed by atoms with Crippen LogP contribution in [0.4, 0.5) is 5.69 Å². The molecule has 0 saturated carbocycles. The minimum atomic E-state index is -1.89. The number of aromatic nitrogens is 2. The molecule has 0 spiro atoms. The van der Waals surface area contributed by atoms with Gasteiger partial charge in [-0.2, -0.15) is 0 Å². The Morgan fingerprint density at radius 1 is 1.06 bits per heavy atom. The van der Waals surface area contributed by atoms with E-state index in [9.17, 15) is 19.2 Å². The molecule has 0 aliphatic heterocycles. The molecule has 0 bridgehead atoms. The highest BCUT2D eigenvalue weighted by Crippen LogP contribution is 2.29. The van der Waals surface area contributed by atoms with Crippen molar-refractivity contribution in [2.45, 2.75) is 5.92 Å². The normalized spacial score (nSPS) is 11.5. The number of methoxy groups -OCH3 is 3. The van der Waals surface area contributed by atoms with Crippen molar-refractivity contribution in [3.8, 4) is 11.5 Å². The Morgan fingerprint density at radius 3 is 2.47 bits per heavy atom. The van der Waals surface area contributed by atoms with Gasteiger partial charge in [-0.3, -0.25) is 19.2 Å². The SMILES string of the molecule is COC(=O)C(C(=O)C(=O)Nc1cc(OC)ccc1OC)c1nc2ccc(Cl)cc2[nH]c1=O. The maximum absolute atomic E-state index is 12.9. The van der Waals surface area contributed by atoms with Gasteiger partial charge in [-0.05, 0) is 30.3 Å². The Labute approximate surface area is 186 Å². The topological polar surface area (TPSA) is 137 Å². The van der Waals surface area contributed by atoms with Gasteiger partial charge in [-0.1, -0.05) is 11.6 Å². The number of fused-ring (bicyclic) bond motifs is 1. The van der Waals surface area contributed by atoms with E-state index in [4.69, 9.17) is 21.1 Å². The standard InChI is InChI=1S/C21H18ClN3O7/c1-30-11-5-7-15(31-2)14(9-11)25-20(28)18(26)16(21(29)32-3)17-19(27)24-13-8-10(22)4-6-12(13)23-17/h4-9,16H,1-3H3,(H,24,27)(H,25,28). The van der Waals surface area contributed by atoms with Crippen LogP contribution in [-0.2, 0) is 19.1 Å². The first-order valence-electron chi connectivity index (χ1n) is 9.13. The van der Waals surface area contributed by atoms with E-state index in [2.05, 4.69) is 20.0 Å². The average molecular weight is 460 g/mol. The van der Waals surface area contributed by atoms with Crippen LogP contribution in [0.3, 0.4) is 0 Å². The summed E-state index contributed by atoms with van der Waals surface area (Å²) in [5.41, 5.74) is -0.628. The monoisotopic (exact) mass is 459 g/mol. The van der Waals surface area contributed by atoms with Crippen molar-refractivity contribution in [1.82, 2.24) is 9.97 Å². The molecule has 2 N–H and O–H groups in total. The lowest BCUT2D eigenvalue weighted by atomic mass is 9.99. The van der Waals surface area contributed by atoms with E-state index in [-0.39, 0.29) is 17.0 Å². The zero-order valence-electron chi connectivity index (χ0n) is 17.2. The number of benzene rings is 2.